The molecule has 0 saturated heterocycles. The Kier molecular flexibility index (Phi) is 4.07. The van der Waals surface area contributed by atoms with Gasteiger partial charge in [-0.1, -0.05) is 13.8 Å². The van der Waals surface area contributed by atoms with E-state index in [-0.39, 0.29) is 6.42 Å². The lowest BCUT2D eigenvalue weighted by molar-refractivity contribution is -0.136. The first-order chi connectivity index (χ1) is 6.59. The molecule has 1 aromatic heterocycles. The summed E-state index contributed by atoms with van der Waals surface area (Å²) in [5.41, 5.74) is 2.76. The summed E-state index contributed by atoms with van der Waals surface area (Å²) in [4.78, 5) is 15.8. The Morgan fingerprint density at radius 3 is 2.93 bits per heavy atom. The highest BCUT2D eigenvalue weighted by Gasteiger charge is 2.09. The van der Waals surface area contributed by atoms with E-state index in [0.717, 1.165) is 12.1 Å². The summed E-state index contributed by atoms with van der Waals surface area (Å²) in [6, 6.07) is 0. The van der Waals surface area contributed by atoms with E-state index in [0.29, 0.717) is 12.3 Å². The predicted octanol–water partition coefficient (Wildman–Crippen LogP) is 2.36. The predicted molar refractivity (Wildman–Crippen MR) is 56.6 cm³/mol. The number of nitrogens with zero attached hydrogens (tertiary/aromatic N) is 1. The summed E-state index contributed by atoms with van der Waals surface area (Å²) in [6.07, 6.45) is 1.73. The average molecular weight is 213 g/mol. The Hall–Kier alpha value is -0.900. The molecule has 3 nitrogen and oxygen atoms in total. The molecule has 1 N–H and O–H groups in total. The number of hydrogen-bond acceptors (Lipinski definition) is 3. The zero-order valence-electron chi connectivity index (χ0n) is 8.49. The minimum atomic E-state index is -0.756. The standard InChI is InChI=1S/C10H15NO2S/c1-7(2)5-9-8(11-6-14-9)3-4-10(12)13/h6-7H,3-5H2,1-2H3,(H,12,13). The smallest absolute Gasteiger partial charge is 0.303 e. The summed E-state index contributed by atoms with van der Waals surface area (Å²) < 4.78 is 0. The van der Waals surface area contributed by atoms with Crippen LogP contribution in [0.25, 0.3) is 0 Å². The lowest BCUT2D eigenvalue weighted by Gasteiger charge is -2.03. The highest BCUT2D eigenvalue weighted by molar-refractivity contribution is 7.09. The van der Waals surface area contributed by atoms with Crippen LogP contribution in [0.5, 0.6) is 0 Å². The van der Waals surface area contributed by atoms with Crippen LogP contribution in [0.15, 0.2) is 5.51 Å². The van der Waals surface area contributed by atoms with Crippen molar-refractivity contribution in [2.75, 3.05) is 0 Å². The van der Waals surface area contributed by atoms with E-state index in [9.17, 15) is 4.79 Å². The minimum Gasteiger partial charge on any atom is -0.481 e. The van der Waals surface area contributed by atoms with Gasteiger partial charge in [-0.25, -0.2) is 4.98 Å². The maximum atomic E-state index is 10.4. The third-order valence-electron chi connectivity index (χ3n) is 1.89. The lowest BCUT2D eigenvalue weighted by Crippen LogP contribution is -2.01. The van der Waals surface area contributed by atoms with E-state index in [2.05, 4.69) is 18.8 Å². The molecule has 0 atom stereocenters. The third-order valence-corrected chi connectivity index (χ3v) is 2.79. The van der Waals surface area contributed by atoms with E-state index >= 15 is 0 Å². The number of rotatable bonds is 5. The van der Waals surface area contributed by atoms with E-state index < -0.39 is 5.97 Å². The first-order valence-corrected chi connectivity index (χ1v) is 5.60. The van der Waals surface area contributed by atoms with Gasteiger partial charge >= 0.3 is 5.97 Å². The molecular formula is C10H15NO2S. The van der Waals surface area contributed by atoms with Crippen LogP contribution in [0.2, 0.25) is 0 Å². The maximum absolute atomic E-state index is 10.4. The molecule has 0 fully saturated rings. The van der Waals surface area contributed by atoms with Crippen LogP contribution in [-0.2, 0) is 17.6 Å². The molecule has 0 amide bonds. The van der Waals surface area contributed by atoms with Gasteiger partial charge in [-0.2, -0.15) is 0 Å². The zero-order chi connectivity index (χ0) is 10.6. The summed E-state index contributed by atoms with van der Waals surface area (Å²) in [5.74, 6) is -0.160. The van der Waals surface area contributed by atoms with Crippen molar-refractivity contribution in [2.45, 2.75) is 33.1 Å². The number of carboxylic acids is 1. The molecule has 14 heavy (non-hydrogen) atoms. The topological polar surface area (TPSA) is 50.2 Å². The number of aliphatic carboxylic acids is 1. The highest BCUT2D eigenvalue weighted by Crippen LogP contribution is 2.18. The number of aryl methyl sites for hydroxylation is 1. The number of carboxylic acid groups (broad SMARTS) is 1. The van der Waals surface area contributed by atoms with Crippen molar-refractivity contribution < 1.29 is 9.90 Å². The van der Waals surface area contributed by atoms with Gasteiger partial charge in [0.1, 0.15) is 0 Å². The molecular weight excluding hydrogens is 198 g/mol. The van der Waals surface area contributed by atoms with Crippen molar-refractivity contribution in [1.82, 2.24) is 4.98 Å². The minimum absolute atomic E-state index is 0.175. The molecule has 1 heterocycles. The van der Waals surface area contributed by atoms with Crippen LogP contribution >= 0.6 is 11.3 Å². The maximum Gasteiger partial charge on any atom is 0.303 e. The first kappa shape index (κ1) is 11.2. The van der Waals surface area contributed by atoms with Crippen molar-refractivity contribution in [3.05, 3.63) is 16.1 Å². The molecule has 78 valence electrons. The van der Waals surface area contributed by atoms with Crippen LogP contribution in [0.4, 0.5) is 0 Å². The van der Waals surface area contributed by atoms with Crippen molar-refractivity contribution >= 4 is 17.3 Å². The van der Waals surface area contributed by atoms with Crippen LogP contribution < -0.4 is 0 Å². The van der Waals surface area contributed by atoms with Crippen molar-refractivity contribution in [3.8, 4) is 0 Å². The van der Waals surface area contributed by atoms with Gasteiger partial charge in [-0.05, 0) is 12.3 Å². The normalized spacial score (nSPS) is 10.8. The second-order valence-electron chi connectivity index (χ2n) is 3.71. The molecule has 0 radical (unpaired) electrons. The van der Waals surface area contributed by atoms with Gasteiger partial charge in [0.2, 0.25) is 0 Å². The Balaban J connectivity index is 2.58. The van der Waals surface area contributed by atoms with Crippen molar-refractivity contribution in [3.63, 3.8) is 0 Å². The van der Waals surface area contributed by atoms with Gasteiger partial charge in [0, 0.05) is 11.3 Å². The Morgan fingerprint density at radius 2 is 2.36 bits per heavy atom. The van der Waals surface area contributed by atoms with Crippen molar-refractivity contribution in [1.29, 1.82) is 0 Å². The van der Waals surface area contributed by atoms with Gasteiger partial charge in [-0.3, -0.25) is 4.79 Å². The zero-order valence-corrected chi connectivity index (χ0v) is 9.30. The number of aromatic nitrogens is 1. The van der Waals surface area contributed by atoms with E-state index in [1.165, 1.54) is 4.88 Å². The van der Waals surface area contributed by atoms with Gasteiger partial charge in [0.05, 0.1) is 17.6 Å². The second-order valence-corrected chi connectivity index (χ2v) is 4.65. The average Bonchev–Trinajstić information content (AvgIpc) is 2.47. The Bertz CT molecular complexity index is 307. The fourth-order valence-electron chi connectivity index (χ4n) is 1.26. The van der Waals surface area contributed by atoms with E-state index in [4.69, 9.17) is 5.11 Å². The van der Waals surface area contributed by atoms with Crippen LogP contribution in [-0.4, -0.2) is 16.1 Å². The fraction of sp³-hybridized carbons (Fsp3) is 0.600. The molecule has 0 unspecified atom stereocenters. The quantitative estimate of drug-likeness (QED) is 0.816. The third kappa shape index (κ3) is 3.46. The molecule has 1 rings (SSSR count). The van der Waals surface area contributed by atoms with Crippen molar-refractivity contribution in [2.24, 2.45) is 5.92 Å². The molecule has 4 heteroatoms. The number of hydrogen-bond donors (Lipinski definition) is 1. The molecule has 0 bridgehead atoms. The summed E-state index contributed by atoms with van der Waals surface area (Å²) >= 11 is 1.63. The van der Waals surface area contributed by atoms with Gasteiger partial charge in [-0.15, -0.1) is 11.3 Å². The van der Waals surface area contributed by atoms with Gasteiger partial charge < -0.3 is 5.11 Å². The van der Waals surface area contributed by atoms with Crippen LogP contribution in [0.3, 0.4) is 0 Å². The molecule has 0 aliphatic heterocycles. The van der Waals surface area contributed by atoms with E-state index in [1.54, 1.807) is 16.8 Å². The summed E-state index contributed by atoms with van der Waals surface area (Å²) in [5, 5.41) is 8.56. The Labute approximate surface area is 87.8 Å². The molecule has 0 aliphatic rings. The molecule has 1 aromatic rings. The largest absolute Gasteiger partial charge is 0.481 e. The fourth-order valence-corrected chi connectivity index (χ4v) is 2.29. The number of carbonyl (C=O) groups is 1. The van der Waals surface area contributed by atoms with E-state index in [1.807, 2.05) is 0 Å². The van der Waals surface area contributed by atoms with Crippen LogP contribution in [0.1, 0.15) is 30.8 Å². The SMILES string of the molecule is CC(C)Cc1scnc1CCC(=O)O. The van der Waals surface area contributed by atoms with Gasteiger partial charge in [0.15, 0.2) is 0 Å². The second kappa shape index (κ2) is 5.10. The monoisotopic (exact) mass is 213 g/mol. The summed E-state index contributed by atoms with van der Waals surface area (Å²) in [6.45, 7) is 4.31. The molecule has 0 aliphatic carbocycles. The van der Waals surface area contributed by atoms with Crippen LogP contribution in [0, 0.1) is 5.92 Å². The first-order valence-electron chi connectivity index (χ1n) is 4.72. The summed E-state index contributed by atoms with van der Waals surface area (Å²) in [7, 11) is 0. The molecule has 0 spiro atoms. The Morgan fingerprint density at radius 1 is 1.64 bits per heavy atom. The molecule has 0 saturated carbocycles. The molecule has 0 aromatic carbocycles. The number of thiazole rings is 1. The highest BCUT2D eigenvalue weighted by atomic mass is 32.1. The lowest BCUT2D eigenvalue weighted by atomic mass is 10.1. The van der Waals surface area contributed by atoms with Gasteiger partial charge in [0.25, 0.3) is 0 Å².